The van der Waals surface area contributed by atoms with Crippen molar-refractivity contribution >= 4 is 33.2 Å². The summed E-state index contributed by atoms with van der Waals surface area (Å²) in [7, 11) is -3.74. The molecule has 8 heteroatoms. The van der Waals surface area contributed by atoms with E-state index in [2.05, 4.69) is 10.0 Å². The van der Waals surface area contributed by atoms with Crippen molar-refractivity contribution in [2.75, 3.05) is 17.9 Å². The summed E-state index contributed by atoms with van der Waals surface area (Å²) < 4.78 is 33.0. The SMILES string of the molecule is Cc1ccc(C)c(OCCNC(=O)c2ccc(NS(=O)(=O)c3ccccc3)cc2Cl)c1. The van der Waals surface area contributed by atoms with Crippen LogP contribution in [0.25, 0.3) is 0 Å². The first-order valence-electron chi connectivity index (χ1n) is 9.62. The van der Waals surface area contributed by atoms with Gasteiger partial charge in [0.05, 0.1) is 27.7 Å². The maximum Gasteiger partial charge on any atom is 0.261 e. The lowest BCUT2D eigenvalue weighted by atomic mass is 10.1. The first-order chi connectivity index (χ1) is 14.8. The molecule has 3 aromatic rings. The monoisotopic (exact) mass is 458 g/mol. The minimum atomic E-state index is -3.74. The normalized spacial score (nSPS) is 11.1. The van der Waals surface area contributed by atoms with Crippen LogP contribution in [0.3, 0.4) is 0 Å². The summed E-state index contributed by atoms with van der Waals surface area (Å²) in [5, 5.41) is 2.89. The molecular formula is C23H23ClN2O4S. The van der Waals surface area contributed by atoms with Gasteiger partial charge >= 0.3 is 0 Å². The Bertz CT molecular complexity index is 1180. The van der Waals surface area contributed by atoms with Crippen LogP contribution in [0, 0.1) is 13.8 Å². The molecule has 2 N–H and O–H groups in total. The smallest absolute Gasteiger partial charge is 0.261 e. The molecule has 1 amide bonds. The van der Waals surface area contributed by atoms with Gasteiger partial charge in [0, 0.05) is 0 Å². The number of rotatable bonds is 8. The molecule has 0 aliphatic carbocycles. The van der Waals surface area contributed by atoms with Gasteiger partial charge in [-0.1, -0.05) is 41.9 Å². The molecule has 0 saturated carbocycles. The van der Waals surface area contributed by atoms with E-state index >= 15 is 0 Å². The van der Waals surface area contributed by atoms with Gasteiger partial charge in [-0.3, -0.25) is 9.52 Å². The van der Waals surface area contributed by atoms with E-state index < -0.39 is 10.0 Å². The maximum absolute atomic E-state index is 12.4. The third-order valence-corrected chi connectivity index (χ3v) is 6.22. The number of benzene rings is 3. The number of sulfonamides is 1. The van der Waals surface area contributed by atoms with E-state index in [9.17, 15) is 13.2 Å². The molecule has 0 heterocycles. The second-order valence-corrected chi connectivity index (χ2v) is 9.08. The standard InChI is InChI=1S/C23H23ClN2O4S/c1-16-8-9-17(2)22(14-16)30-13-12-25-23(27)20-11-10-18(15-21(20)24)26-31(28,29)19-6-4-3-5-7-19/h3-11,14-15,26H,12-13H2,1-2H3,(H,25,27). The van der Waals surface area contributed by atoms with Gasteiger partial charge in [0.15, 0.2) is 0 Å². The molecule has 3 rings (SSSR count). The summed E-state index contributed by atoms with van der Waals surface area (Å²) in [5.41, 5.74) is 2.63. The van der Waals surface area contributed by atoms with Crippen LogP contribution in [0.4, 0.5) is 5.69 Å². The second kappa shape index (κ2) is 9.85. The van der Waals surface area contributed by atoms with Crippen molar-refractivity contribution in [1.29, 1.82) is 0 Å². The zero-order valence-electron chi connectivity index (χ0n) is 17.2. The van der Waals surface area contributed by atoms with Gasteiger partial charge in [0.25, 0.3) is 15.9 Å². The molecule has 0 saturated heterocycles. The Morgan fingerprint density at radius 2 is 1.74 bits per heavy atom. The van der Waals surface area contributed by atoms with Gasteiger partial charge in [-0.05, 0) is 61.4 Å². The van der Waals surface area contributed by atoms with Crippen molar-refractivity contribution in [3.05, 3.63) is 88.4 Å². The average molecular weight is 459 g/mol. The molecule has 0 fully saturated rings. The largest absolute Gasteiger partial charge is 0.491 e. The van der Waals surface area contributed by atoms with E-state index in [0.29, 0.717) is 13.2 Å². The van der Waals surface area contributed by atoms with Crippen molar-refractivity contribution in [1.82, 2.24) is 5.32 Å². The highest BCUT2D eigenvalue weighted by atomic mass is 35.5. The summed E-state index contributed by atoms with van der Waals surface area (Å²) >= 11 is 6.22. The quantitative estimate of drug-likeness (QED) is 0.484. The van der Waals surface area contributed by atoms with Crippen molar-refractivity contribution in [2.24, 2.45) is 0 Å². The van der Waals surface area contributed by atoms with Gasteiger partial charge in [-0.15, -0.1) is 0 Å². The highest BCUT2D eigenvalue weighted by molar-refractivity contribution is 7.92. The molecule has 0 spiro atoms. The van der Waals surface area contributed by atoms with E-state index in [-0.39, 0.29) is 27.1 Å². The minimum Gasteiger partial charge on any atom is -0.491 e. The minimum absolute atomic E-state index is 0.136. The zero-order valence-corrected chi connectivity index (χ0v) is 18.8. The highest BCUT2D eigenvalue weighted by Gasteiger charge is 2.16. The van der Waals surface area contributed by atoms with Crippen molar-refractivity contribution in [2.45, 2.75) is 18.7 Å². The molecular weight excluding hydrogens is 436 g/mol. The van der Waals surface area contributed by atoms with Crippen LogP contribution >= 0.6 is 11.6 Å². The Labute approximate surface area is 187 Å². The first-order valence-corrected chi connectivity index (χ1v) is 11.5. The first kappa shape index (κ1) is 22.7. The van der Waals surface area contributed by atoms with Gasteiger partial charge < -0.3 is 10.1 Å². The summed E-state index contributed by atoms with van der Waals surface area (Å²) in [4.78, 5) is 12.6. The number of anilines is 1. The Kier molecular flexibility index (Phi) is 7.20. The number of ether oxygens (including phenoxy) is 1. The number of nitrogens with one attached hydrogen (secondary N) is 2. The fourth-order valence-corrected chi connectivity index (χ4v) is 4.20. The fraction of sp³-hybridized carbons (Fsp3) is 0.174. The maximum atomic E-state index is 12.4. The summed E-state index contributed by atoms with van der Waals surface area (Å²) in [6.45, 7) is 4.55. The molecule has 0 aliphatic heterocycles. The van der Waals surface area contributed by atoms with E-state index in [0.717, 1.165) is 16.9 Å². The van der Waals surface area contributed by atoms with Crippen LogP contribution in [0.15, 0.2) is 71.6 Å². The lowest BCUT2D eigenvalue weighted by molar-refractivity contribution is 0.0947. The third-order valence-electron chi connectivity index (χ3n) is 4.51. The predicted octanol–water partition coefficient (Wildman–Crippen LogP) is 4.57. The molecule has 162 valence electrons. The Balaban J connectivity index is 1.58. The van der Waals surface area contributed by atoms with Gasteiger partial charge in [-0.2, -0.15) is 0 Å². The second-order valence-electron chi connectivity index (χ2n) is 6.99. The Morgan fingerprint density at radius 3 is 2.45 bits per heavy atom. The summed E-state index contributed by atoms with van der Waals surface area (Å²) in [6, 6.07) is 18.3. The number of carbonyl (C=O) groups excluding carboxylic acids is 1. The molecule has 31 heavy (non-hydrogen) atoms. The summed E-state index contributed by atoms with van der Waals surface area (Å²) in [6.07, 6.45) is 0. The molecule has 0 aliphatic rings. The average Bonchev–Trinajstić information content (AvgIpc) is 2.74. The topological polar surface area (TPSA) is 84.5 Å². The molecule has 0 aromatic heterocycles. The number of hydrogen-bond donors (Lipinski definition) is 2. The molecule has 0 radical (unpaired) electrons. The van der Waals surface area contributed by atoms with Crippen LogP contribution in [0.5, 0.6) is 5.75 Å². The van der Waals surface area contributed by atoms with Crippen LogP contribution in [-0.4, -0.2) is 27.5 Å². The van der Waals surface area contributed by atoms with E-state index in [4.69, 9.17) is 16.3 Å². The third kappa shape index (κ3) is 5.99. The van der Waals surface area contributed by atoms with Crippen LogP contribution < -0.4 is 14.8 Å². The zero-order chi connectivity index (χ0) is 22.4. The summed E-state index contributed by atoms with van der Waals surface area (Å²) in [5.74, 6) is 0.411. The number of hydrogen-bond acceptors (Lipinski definition) is 4. The van der Waals surface area contributed by atoms with Crippen LogP contribution in [0.1, 0.15) is 21.5 Å². The Hall–Kier alpha value is -3.03. The highest BCUT2D eigenvalue weighted by Crippen LogP contribution is 2.23. The molecule has 3 aromatic carbocycles. The number of amides is 1. The molecule has 6 nitrogen and oxygen atoms in total. The van der Waals surface area contributed by atoms with Gasteiger partial charge in [-0.25, -0.2) is 8.42 Å². The van der Waals surface area contributed by atoms with E-state index in [1.54, 1.807) is 18.2 Å². The van der Waals surface area contributed by atoms with Crippen molar-refractivity contribution < 1.29 is 17.9 Å². The fourth-order valence-electron chi connectivity index (χ4n) is 2.86. The lowest BCUT2D eigenvalue weighted by Gasteiger charge is -2.12. The van der Waals surface area contributed by atoms with Gasteiger partial charge in [0.1, 0.15) is 12.4 Å². The lowest BCUT2D eigenvalue weighted by Crippen LogP contribution is -2.28. The Morgan fingerprint density at radius 1 is 1.00 bits per heavy atom. The molecule has 0 atom stereocenters. The number of aryl methyl sites for hydroxylation is 2. The van der Waals surface area contributed by atoms with Gasteiger partial charge in [0.2, 0.25) is 0 Å². The molecule has 0 unspecified atom stereocenters. The number of halogens is 1. The van der Waals surface area contributed by atoms with E-state index in [1.165, 1.54) is 30.3 Å². The van der Waals surface area contributed by atoms with Crippen molar-refractivity contribution in [3.8, 4) is 5.75 Å². The molecule has 0 bridgehead atoms. The number of carbonyl (C=O) groups is 1. The van der Waals surface area contributed by atoms with E-state index in [1.807, 2.05) is 32.0 Å². The van der Waals surface area contributed by atoms with Crippen LogP contribution in [0.2, 0.25) is 5.02 Å². The van der Waals surface area contributed by atoms with Crippen molar-refractivity contribution in [3.63, 3.8) is 0 Å². The van der Waals surface area contributed by atoms with Crippen LogP contribution in [-0.2, 0) is 10.0 Å². The predicted molar refractivity (Wildman–Crippen MR) is 122 cm³/mol.